The quantitative estimate of drug-likeness (QED) is 0.907. The Morgan fingerprint density at radius 3 is 2.68 bits per heavy atom. The number of anilines is 1. The molecule has 2 aromatic rings. The van der Waals surface area contributed by atoms with Crippen molar-refractivity contribution >= 4 is 22.6 Å². The van der Waals surface area contributed by atoms with Gasteiger partial charge < -0.3 is 15.1 Å². The van der Waals surface area contributed by atoms with Crippen molar-refractivity contribution in [3.8, 4) is 0 Å². The molecular formula is C19H27N5O. The number of amides is 2. The second-order valence-corrected chi connectivity index (χ2v) is 6.80. The molecule has 134 valence electrons. The highest BCUT2D eigenvalue weighted by Crippen LogP contribution is 2.21. The molecule has 25 heavy (non-hydrogen) atoms. The summed E-state index contributed by atoms with van der Waals surface area (Å²) in [6.07, 6.45) is 2.92. The molecule has 6 nitrogen and oxygen atoms in total. The number of carbonyl (C=O) groups excluding carboxylic acids is 1. The lowest BCUT2D eigenvalue weighted by Gasteiger charge is -2.34. The molecule has 2 amide bonds. The van der Waals surface area contributed by atoms with Crippen LogP contribution in [0.2, 0.25) is 0 Å². The molecule has 1 saturated heterocycles. The average Bonchev–Trinajstić information content (AvgIpc) is 2.62. The maximum Gasteiger partial charge on any atom is 0.321 e. The van der Waals surface area contributed by atoms with Crippen molar-refractivity contribution in [2.75, 3.05) is 58.7 Å². The first-order chi connectivity index (χ1) is 12.1. The van der Waals surface area contributed by atoms with Crippen LogP contribution in [0.1, 0.15) is 6.42 Å². The zero-order chi connectivity index (χ0) is 17.6. The Balaban J connectivity index is 1.53. The Kier molecular flexibility index (Phi) is 5.83. The number of rotatable bonds is 5. The second kappa shape index (κ2) is 8.27. The van der Waals surface area contributed by atoms with Crippen molar-refractivity contribution in [1.82, 2.24) is 19.7 Å². The molecule has 1 aliphatic rings. The van der Waals surface area contributed by atoms with E-state index in [4.69, 9.17) is 0 Å². The van der Waals surface area contributed by atoms with E-state index in [9.17, 15) is 4.79 Å². The fraction of sp³-hybridized carbons (Fsp3) is 0.474. The van der Waals surface area contributed by atoms with Crippen molar-refractivity contribution in [3.05, 3.63) is 36.5 Å². The van der Waals surface area contributed by atoms with Crippen molar-refractivity contribution in [2.45, 2.75) is 6.42 Å². The van der Waals surface area contributed by atoms with Gasteiger partial charge in [0.1, 0.15) is 0 Å². The molecule has 3 rings (SSSR count). The summed E-state index contributed by atoms with van der Waals surface area (Å²) in [5.74, 6) is 0. The van der Waals surface area contributed by atoms with E-state index < -0.39 is 0 Å². The van der Waals surface area contributed by atoms with E-state index in [1.165, 1.54) is 6.42 Å². The van der Waals surface area contributed by atoms with Crippen LogP contribution in [0.15, 0.2) is 36.5 Å². The van der Waals surface area contributed by atoms with Gasteiger partial charge in [0.25, 0.3) is 0 Å². The summed E-state index contributed by atoms with van der Waals surface area (Å²) in [6.45, 7) is 5.62. The van der Waals surface area contributed by atoms with Gasteiger partial charge in [-0.1, -0.05) is 18.2 Å². The van der Waals surface area contributed by atoms with Gasteiger partial charge >= 0.3 is 6.03 Å². The standard InChI is InChI=1S/C19H27N5O/c1-22(2)10-5-11-23-12-14-24(15-13-23)19(25)21-17-8-3-6-16-7-4-9-20-18(16)17/h3-4,6-9H,5,10-15H2,1-2H3,(H,21,25). The van der Waals surface area contributed by atoms with Gasteiger partial charge in [0.2, 0.25) is 0 Å². The van der Waals surface area contributed by atoms with Crippen molar-refractivity contribution in [1.29, 1.82) is 0 Å². The Labute approximate surface area is 149 Å². The monoisotopic (exact) mass is 341 g/mol. The third-order valence-corrected chi connectivity index (χ3v) is 4.61. The largest absolute Gasteiger partial charge is 0.322 e. The van der Waals surface area contributed by atoms with Crippen LogP contribution >= 0.6 is 0 Å². The van der Waals surface area contributed by atoms with Crippen molar-refractivity contribution in [2.24, 2.45) is 0 Å². The van der Waals surface area contributed by atoms with Crippen LogP contribution < -0.4 is 5.32 Å². The van der Waals surface area contributed by atoms with E-state index in [0.29, 0.717) is 0 Å². The van der Waals surface area contributed by atoms with Crippen LogP contribution in [0, 0.1) is 0 Å². The van der Waals surface area contributed by atoms with E-state index in [1.807, 2.05) is 35.2 Å². The summed E-state index contributed by atoms with van der Waals surface area (Å²) in [4.78, 5) is 23.5. The average molecular weight is 341 g/mol. The first-order valence-corrected chi connectivity index (χ1v) is 8.90. The van der Waals surface area contributed by atoms with Gasteiger partial charge in [-0.05, 0) is 45.7 Å². The topological polar surface area (TPSA) is 51.7 Å². The number of hydrogen-bond acceptors (Lipinski definition) is 4. The summed E-state index contributed by atoms with van der Waals surface area (Å²) >= 11 is 0. The lowest BCUT2D eigenvalue weighted by atomic mass is 10.2. The number of benzene rings is 1. The molecule has 6 heteroatoms. The maximum absolute atomic E-state index is 12.6. The van der Waals surface area contributed by atoms with Gasteiger partial charge in [0.15, 0.2) is 0 Å². The molecule has 1 aromatic carbocycles. The fourth-order valence-electron chi connectivity index (χ4n) is 3.18. The van der Waals surface area contributed by atoms with Crippen molar-refractivity contribution < 1.29 is 4.79 Å². The molecule has 0 atom stereocenters. The molecule has 0 bridgehead atoms. The van der Waals surface area contributed by atoms with E-state index in [1.54, 1.807) is 6.20 Å². The Hall–Kier alpha value is -2.18. The van der Waals surface area contributed by atoms with E-state index in [-0.39, 0.29) is 6.03 Å². The van der Waals surface area contributed by atoms with E-state index in [2.05, 4.69) is 34.2 Å². The predicted octanol–water partition coefficient (Wildman–Crippen LogP) is 2.34. The SMILES string of the molecule is CN(C)CCCN1CCN(C(=O)Nc2cccc3cccnc23)CC1. The molecule has 1 fully saturated rings. The molecule has 1 aromatic heterocycles. The summed E-state index contributed by atoms with van der Waals surface area (Å²) in [7, 11) is 4.20. The minimum Gasteiger partial charge on any atom is -0.322 e. The smallest absolute Gasteiger partial charge is 0.321 e. The van der Waals surface area contributed by atoms with Gasteiger partial charge in [-0.25, -0.2) is 4.79 Å². The number of fused-ring (bicyclic) bond motifs is 1. The Morgan fingerprint density at radius 1 is 1.16 bits per heavy atom. The van der Waals surface area contributed by atoms with Crippen LogP contribution in [0.5, 0.6) is 0 Å². The molecule has 2 heterocycles. The van der Waals surface area contributed by atoms with E-state index >= 15 is 0 Å². The number of carbonyl (C=O) groups is 1. The van der Waals surface area contributed by atoms with Crippen LogP contribution in [0.25, 0.3) is 10.9 Å². The summed E-state index contributed by atoms with van der Waals surface area (Å²) in [5.41, 5.74) is 1.61. The van der Waals surface area contributed by atoms with Gasteiger partial charge in [-0.15, -0.1) is 0 Å². The lowest BCUT2D eigenvalue weighted by Crippen LogP contribution is -2.50. The maximum atomic E-state index is 12.6. The summed E-state index contributed by atoms with van der Waals surface area (Å²) in [6, 6.07) is 9.73. The highest BCUT2D eigenvalue weighted by atomic mass is 16.2. The molecule has 0 saturated carbocycles. The van der Waals surface area contributed by atoms with E-state index in [0.717, 1.165) is 55.9 Å². The summed E-state index contributed by atoms with van der Waals surface area (Å²) in [5, 5.41) is 4.06. The van der Waals surface area contributed by atoms with Gasteiger partial charge in [0, 0.05) is 37.8 Å². The number of urea groups is 1. The second-order valence-electron chi connectivity index (χ2n) is 6.80. The number of para-hydroxylation sites is 1. The molecule has 0 spiro atoms. The Morgan fingerprint density at radius 2 is 1.92 bits per heavy atom. The minimum atomic E-state index is -0.0360. The molecule has 1 N–H and O–H groups in total. The van der Waals surface area contributed by atoms with Gasteiger partial charge in [0.05, 0.1) is 11.2 Å². The fourth-order valence-corrected chi connectivity index (χ4v) is 3.18. The number of piperazine rings is 1. The van der Waals surface area contributed by atoms with Gasteiger partial charge in [-0.3, -0.25) is 9.88 Å². The predicted molar refractivity (Wildman–Crippen MR) is 102 cm³/mol. The zero-order valence-electron chi connectivity index (χ0n) is 15.1. The molecular weight excluding hydrogens is 314 g/mol. The molecule has 0 aliphatic carbocycles. The Bertz CT molecular complexity index is 705. The van der Waals surface area contributed by atoms with Crippen LogP contribution in [0.3, 0.4) is 0 Å². The number of aromatic nitrogens is 1. The first-order valence-electron chi connectivity index (χ1n) is 8.90. The number of nitrogens with one attached hydrogen (secondary N) is 1. The number of nitrogens with zero attached hydrogens (tertiary/aromatic N) is 4. The number of hydrogen-bond donors (Lipinski definition) is 1. The molecule has 1 aliphatic heterocycles. The molecule has 0 radical (unpaired) electrons. The summed E-state index contributed by atoms with van der Waals surface area (Å²) < 4.78 is 0. The van der Waals surface area contributed by atoms with Crippen LogP contribution in [0.4, 0.5) is 10.5 Å². The highest BCUT2D eigenvalue weighted by Gasteiger charge is 2.21. The normalized spacial score (nSPS) is 15.7. The first kappa shape index (κ1) is 17.6. The lowest BCUT2D eigenvalue weighted by molar-refractivity contribution is 0.144. The third-order valence-electron chi connectivity index (χ3n) is 4.61. The van der Waals surface area contributed by atoms with Gasteiger partial charge in [-0.2, -0.15) is 0 Å². The third kappa shape index (κ3) is 4.67. The van der Waals surface area contributed by atoms with Crippen LogP contribution in [-0.4, -0.2) is 79.1 Å². The minimum absolute atomic E-state index is 0.0360. The number of pyridine rings is 1. The van der Waals surface area contributed by atoms with Crippen molar-refractivity contribution in [3.63, 3.8) is 0 Å². The van der Waals surface area contributed by atoms with Crippen LogP contribution in [-0.2, 0) is 0 Å². The highest BCUT2D eigenvalue weighted by molar-refractivity contribution is 5.99. The molecule has 0 unspecified atom stereocenters. The zero-order valence-corrected chi connectivity index (χ0v) is 15.1.